The van der Waals surface area contributed by atoms with Crippen LogP contribution < -0.4 is 5.32 Å². The molecule has 1 amide bonds. The van der Waals surface area contributed by atoms with Gasteiger partial charge in [0.15, 0.2) is 0 Å². The monoisotopic (exact) mass is 331 g/mol. The molecule has 0 aromatic heterocycles. The first-order valence-corrected chi connectivity index (χ1v) is 7.80. The Kier molecular flexibility index (Phi) is 7.24. The van der Waals surface area contributed by atoms with Crippen LogP contribution in [0, 0.1) is 0 Å². The number of alkyl carbamates (subject to hydrolysis) is 1. The molecule has 1 unspecified atom stereocenters. The van der Waals surface area contributed by atoms with Gasteiger partial charge in [-0.1, -0.05) is 42.5 Å². The number of rotatable bonds is 7. The third kappa shape index (κ3) is 7.13. The molecule has 0 bridgehead atoms. The van der Waals surface area contributed by atoms with E-state index in [0.29, 0.717) is 6.42 Å². The third-order valence-corrected chi connectivity index (χ3v) is 3.10. The normalized spacial score (nSPS) is 13.0. The minimum absolute atomic E-state index is 0.159. The topological polar surface area (TPSA) is 75.6 Å². The Bertz CT molecular complexity index is 600. The molecule has 0 aliphatic heterocycles. The molecule has 0 spiro atoms. The lowest BCUT2D eigenvalue weighted by Crippen LogP contribution is -2.43. The molecule has 0 radical (unpaired) electrons. The molecule has 5 nitrogen and oxygen atoms in total. The van der Waals surface area contributed by atoms with Gasteiger partial charge in [-0.2, -0.15) is 0 Å². The van der Waals surface area contributed by atoms with Crippen LogP contribution >= 0.6 is 0 Å². The van der Waals surface area contributed by atoms with Crippen LogP contribution in [0.1, 0.15) is 39.2 Å². The van der Waals surface area contributed by atoms with Crippen molar-refractivity contribution in [2.75, 3.05) is 0 Å². The number of carbonyl (C=O) groups is 2. The van der Waals surface area contributed by atoms with E-state index in [2.05, 4.69) is 11.9 Å². The maximum absolute atomic E-state index is 11.8. The van der Waals surface area contributed by atoms with Crippen LogP contribution in [0.2, 0.25) is 0 Å². The fraction of sp³-hybridized carbons (Fsp3) is 0.368. The smallest absolute Gasteiger partial charge is 0.408 e. The Labute approximate surface area is 143 Å². The summed E-state index contributed by atoms with van der Waals surface area (Å²) in [5, 5.41) is 11.7. The van der Waals surface area contributed by atoms with Crippen molar-refractivity contribution in [1.82, 2.24) is 5.32 Å². The Balaban J connectivity index is 2.84. The lowest BCUT2D eigenvalue weighted by atomic mass is 10.00. The summed E-state index contributed by atoms with van der Waals surface area (Å²) in [6.45, 7) is 8.90. The molecule has 130 valence electrons. The second-order valence-corrected chi connectivity index (χ2v) is 6.36. The van der Waals surface area contributed by atoms with Gasteiger partial charge >= 0.3 is 12.1 Å². The molecule has 24 heavy (non-hydrogen) atoms. The number of carboxylic acids is 1. The van der Waals surface area contributed by atoms with Crippen LogP contribution in [0.3, 0.4) is 0 Å². The van der Waals surface area contributed by atoms with E-state index < -0.39 is 23.7 Å². The Morgan fingerprint density at radius 2 is 1.92 bits per heavy atom. The zero-order valence-corrected chi connectivity index (χ0v) is 14.4. The van der Waals surface area contributed by atoms with Crippen molar-refractivity contribution >= 4 is 17.6 Å². The SMILES string of the molecule is C=CCC(=CCC(NC(=O)OC(C)(C)C)C(=O)O)c1ccccc1. The van der Waals surface area contributed by atoms with E-state index in [-0.39, 0.29) is 6.42 Å². The van der Waals surface area contributed by atoms with Gasteiger partial charge < -0.3 is 15.2 Å². The fourth-order valence-electron chi connectivity index (χ4n) is 2.06. The summed E-state index contributed by atoms with van der Waals surface area (Å²) in [7, 11) is 0. The molecular weight excluding hydrogens is 306 g/mol. The van der Waals surface area contributed by atoms with E-state index in [4.69, 9.17) is 4.74 Å². The fourth-order valence-corrected chi connectivity index (χ4v) is 2.06. The minimum Gasteiger partial charge on any atom is -0.480 e. The highest BCUT2D eigenvalue weighted by atomic mass is 16.6. The van der Waals surface area contributed by atoms with Crippen LogP contribution in [0.15, 0.2) is 49.1 Å². The molecule has 0 heterocycles. The largest absolute Gasteiger partial charge is 0.480 e. The second-order valence-electron chi connectivity index (χ2n) is 6.36. The molecule has 1 aromatic rings. The Morgan fingerprint density at radius 1 is 1.29 bits per heavy atom. The number of allylic oxidation sites excluding steroid dienone is 2. The lowest BCUT2D eigenvalue weighted by molar-refractivity contribution is -0.139. The van der Waals surface area contributed by atoms with Crippen molar-refractivity contribution < 1.29 is 19.4 Å². The van der Waals surface area contributed by atoms with E-state index in [1.165, 1.54) is 0 Å². The lowest BCUT2D eigenvalue weighted by Gasteiger charge is -2.21. The van der Waals surface area contributed by atoms with Gasteiger partial charge in [-0.3, -0.25) is 0 Å². The average molecular weight is 331 g/mol. The van der Waals surface area contributed by atoms with Gasteiger partial charge in [0.25, 0.3) is 0 Å². The number of benzene rings is 1. The van der Waals surface area contributed by atoms with E-state index in [9.17, 15) is 14.7 Å². The predicted octanol–water partition coefficient (Wildman–Crippen LogP) is 4.01. The number of aliphatic carboxylic acids is 1. The molecule has 0 aliphatic carbocycles. The van der Waals surface area contributed by atoms with Gasteiger partial charge in [0.1, 0.15) is 11.6 Å². The number of amides is 1. The zero-order valence-electron chi connectivity index (χ0n) is 14.4. The Hall–Kier alpha value is -2.56. The standard InChI is InChI=1S/C19H25NO4/c1-5-9-14(15-10-7-6-8-11-15)12-13-16(17(21)22)20-18(23)24-19(2,3)4/h5-8,10-12,16H,1,9,13H2,2-4H3,(H,20,23)(H,21,22). The van der Waals surface area contributed by atoms with Crippen molar-refractivity contribution in [3.63, 3.8) is 0 Å². The van der Waals surface area contributed by atoms with Crippen LogP contribution in [0.4, 0.5) is 4.79 Å². The van der Waals surface area contributed by atoms with E-state index in [0.717, 1.165) is 11.1 Å². The van der Waals surface area contributed by atoms with Crippen molar-refractivity contribution in [2.45, 2.75) is 45.3 Å². The molecule has 0 saturated heterocycles. The number of carboxylic acid groups (broad SMARTS) is 1. The third-order valence-electron chi connectivity index (χ3n) is 3.10. The molecule has 1 atom stereocenters. The number of hydrogen-bond acceptors (Lipinski definition) is 3. The van der Waals surface area contributed by atoms with Crippen molar-refractivity contribution in [1.29, 1.82) is 0 Å². The summed E-state index contributed by atoms with van der Waals surface area (Å²) in [6.07, 6.45) is 3.60. The van der Waals surface area contributed by atoms with Gasteiger partial charge in [0, 0.05) is 0 Å². The van der Waals surface area contributed by atoms with Gasteiger partial charge in [-0.25, -0.2) is 9.59 Å². The summed E-state index contributed by atoms with van der Waals surface area (Å²) in [5.74, 6) is -1.11. The molecular formula is C19H25NO4. The highest BCUT2D eigenvalue weighted by Crippen LogP contribution is 2.19. The van der Waals surface area contributed by atoms with Crippen molar-refractivity contribution in [3.8, 4) is 0 Å². The summed E-state index contributed by atoms with van der Waals surface area (Å²) >= 11 is 0. The van der Waals surface area contributed by atoms with Gasteiger partial charge in [-0.15, -0.1) is 6.58 Å². The van der Waals surface area contributed by atoms with Crippen LogP contribution in [-0.4, -0.2) is 28.8 Å². The van der Waals surface area contributed by atoms with Crippen LogP contribution in [0.25, 0.3) is 5.57 Å². The summed E-state index contributed by atoms with van der Waals surface area (Å²) in [4.78, 5) is 23.2. The molecule has 5 heteroatoms. The van der Waals surface area contributed by atoms with E-state index >= 15 is 0 Å². The molecule has 0 saturated carbocycles. The maximum atomic E-state index is 11.8. The van der Waals surface area contributed by atoms with Gasteiger partial charge in [0.2, 0.25) is 0 Å². The quantitative estimate of drug-likeness (QED) is 0.740. The number of hydrogen-bond donors (Lipinski definition) is 2. The first-order valence-electron chi connectivity index (χ1n) is 7.80. The summed E-state index contributed by atoms with van der Waals surface area (Å²) in [5.41, 5.74) is 1.28. The molecule has 0 fully saturated rings. The Morgan fingerprint density at radius 3 is 2.42 bits per heavy atom. The second kappa shape index (κ2) is 8.91. The number of ether oxygens (including phenoxy) is 1. The minimum atomic E-state index is -1.11. The highest BCUT2D eigenvalue weighted by Gasteiger charge is 2.23. The highest BCUT2D eigenvalue weighted by molar-refractivity contribution is 5.80. The molecule has 2 N–H and O–H groups in total. The van der Waals surface area contributed by atoms with Gasteiger partial charge in [-0.05, 0) is 44.7 Å². The summed E-state index contributed by atoms with van der Waals surface area (Å²) < 4.78 is 5.11. The van der Waals surface area contributed by atoms with Crippen LogP contribution in [-0.2, 0) is 9.53 Å². The molecule has 1 rings (SSSR count). The first kappa shape index (κ1) is 19.5. The molecule has 1 aromatic carbocycles. The average Bonchev–Trinajstić information content (AvgIpc) is 2.48. The van der Waals surface area contributed by atoms with Gasteiger partial charge in [0.05, 0.1) is 0 Å². The predicted molar refractivity (Wildman–Crippen MR) is 94.6 cm³/mol. The zero-order chi connectivity index (χ0) is 18.2. The van der Waals surface area contributed by atoms with Crippen molar-refractivity contribution in [2.24, 2.45) is 0 Å². The number of carbonyl (C=O) groups excluding carboxylic acids is 1. The van der Waals surface area contributed by atoms with Crippen molar-refractivity contribution in [3.05, 3.63) is 54.6 Å². The van der Waals surface area contributed by atoms with Crippen LogP contribution in [0.5, 0.6) is 0 Å². The first-order chi connectivity index (χ1) is 11.2. The summed E-state index contributed by atoms with van der Waals surface area (Å²) in [6, 6.07) is 8.60. The maximum Gasteiger partial charge on any atom is 0.408 e. The van der Waals surface area contributed by atoms with E-state index in [1.807, 2.05) is 36.4 Å². The molecule has 0 aliphatic rings. The van der Waals surface area contributed by atoms with E-state index in [1.54, 1.807) is 26.8 Å². The number of nitrogens with one attached hydrogen (secondary N) is 1.